The Bertz CT molecular complexity index is 562. The highest BCUT2D eigenvalue weighted by Crippen LogP contribution is 2.50. The SMILES string of the molecule is CC1(C)CCC(CN)(Cc2cc(F)cc([N+](=O)[O-])c2)C1O. The predicted octanol–water partition coefficient (Wildman–Crippen LogP) is 2.40. The molecule has 2 atom stereocenters. The molecule has 0 bridgehead atoms. The van der Waals surface area contributed by atoms with Gasteiger partial charge in [0.25, 0.3) is 5.69 Å². The molecule has 0 heterocycles. The molecule has 0 spiro atoms. The molecule has 1 aromatic rings. The van der Waals surface area contributed by atoms with Gasteiger partial charge in [-0.3, -0.25) is 10.1 Å². The maximum Gasteiger partial charge on any atom is 0.272 e. The molecule has 116 valence electrons. The lowest BCUT2D eigenvalue weighted by molar-refractivity contribution is -0.385. The molecule has 3 N–H and O–H groups in total. The smallest absolute Gasteiger partial charge is 0.272 e. The third-order valence-corrected chi connectivity index (χ3v) is 4.70. The minimum Gasteiger partial charge on any atom is -0.392 e. The Kier molecular flexibility index (Phi) is 4.04. The maximum absolute atomic E-state index is 13.5. The molecule has 1 saturated carbocycles. The van der Waals surface area contributed by atoms with E-state index in [4.69, 9.17) is 5.73 Å². The first-order valence-electron chi connectivity index (χ1n) is 7.02. The first-order chi connectivity index (χ1) is 9.70. The number of non-ortho nitro benzene ring substituents is 1. The van der Waals surface area contributed by atoms with E-state index in [1.54, 1.807) is 0 Å². The van der Waals surface area contributed by atoms with Gasteiger partial charge in [0.05, 0.1) is 17.1 Å². The summed E-state index contributed by atoms with van der Waals surface area (Å²) >= 11 is 0. The molecule has 0 radical (unpaired) electrons. The number of rotatable bonds is 4. The number of aliphatic hydroxyl groups excluding tert-OH is 1. The van der Waals surface area contributed by atoms with Gasteiger partial charge >= 0.3 is 0 Å². The molecule has 21 heavy (non-hydrogen) atoms. The highest BCUT2D eigenvalue weighted by atomic mass is 19.1. The van der Waals surface area contributed by atoms with Gasteiger partial charge in [-0.05, 0) is 36.3 Å². The van der Waals surface area contributed by atoms with Crippen LogP contribution < -0.4 is 5.73 Å². The van der Waals surface area contributed by atoms with Crippen LogP contribution in [-0.4, -0.2) is 22.7 Å². The number of nitro benzene ring substituents is 1. The third-order valence-electron chi connectivity index (χ3n) is 4.70. The van der Waals surface area contributed by atoms with Gasteiger partial charge < -0.3 is 10.8 Å². The Hall–Kier alpha value is -1.53. The van der Waals surface area contributed by atoms with Gasteiger partial charge in [-0.1, -0.05) is 13.8 Å². The van der Waals surface area contributed by atoms with Crippen molar-refractivity contribution in [1.29, 1.82) is 0 Å². The molecule has 1 aliphatic rings. The minimum atomic E-state index is -0.641. The number of hydrogen-bond acceptors (Lipinski definition) is 4. The van der Waals surface area contributed by atoms with Crippen molar-refractivity contribution in [1.82, 2.24) is 0 Å². The summed E-state index contributed by atoms with van der Waals surface area (Å²) in [5, 5.41) is 21.4. The van der Waals surface area contributed by atoms with Crippen molar-refractivity contribution < 1.29 is 14.4 Å². The summed E-state index contributed by atoms with van der Waals surface area (Å²) in [5.41, 5.74) is 5.30. The first kappa shape index (κ1) is 15.9. The van der Waals surface area contributed by atoms with Crippen LogP contribution in [0.5, 0.6) is 0 Å². The molecule has 0 aliphatic heterocycles. The van der Waals surface area contributed by atoms with Crippen molar-refractivity contribution >= 4 is 5.69 Å². The van der Waals surface area contributed by atoms with E-state index in [1.165, 1.54) is 12.1 Å². The summed E-state index contributed by atoms with van der Waals surface area (Å²) < 4.78 is 13.5. The van der Waals surface area contributed by atoms with Crippen LogP contribution in [0.25, 0.3) is 0 Å². The average Bonchev–Trinajstić information content (AvgIpc) is 2.63. The van der Waals surface area contributed by atoms with Crippen LogP contribution in [0, 0.1) is 26.8 Å². The van der Waals surface area contributed by atoms with Crippen LogP contribution >= 0.6 is 0 Å². The summed E-state index contributed by atoms with van der Waals surface area (Å²) in [7, 11) is 0. The molecule has 6 heteroatoms. The number of hydrogen-bond donors (Lipinski definition) is 2. The molecular weight excluding hydrogens is 275 g/mol. The van der Waals surface area contributed by atoms with Crippen LogP contribution in [0.1, 0.15) is 32.3 Å². The summed E-state index contributed by atoms with van der Waals surface area (Å²) in [6, 6.07) is 3.54. The molecule has 1 aromatic carbocycles. The zero-order chi connectivity index (χ0) is 15.8. The molecule has 0 amide bonds. The van der Waals surface area contributed by atoms with Crippen LogP contribution in [0.15, 0.2) is 18.2 Å². The highest BCUT2D eigenvalue weighted by molar-refractivity contribution is 5.36. The highest BCUT2D eigenvalue weighted by Gasteiger charge is 2.50. The topological polar surface area (TPSA) is 89.4 Å². The zero-order valence-electron chi connectivity index (χ0n) is 12.3. The number of benzene rings is 1. The fourth-order valence-electron chi connectivity index (χ4n) is 3.39. The second-order valence-corrected chi connectivity index (χ2v) is 6.71. The van der Waals surface area contributed by atoms with Crippen molar-refractivity contribution in [3.63, 3.8) is 0 Å². The quantitative estimate of drug-likeness (QED) is 0.659. The van der Waals surface area contributed by atoms with E-state index in [2.05, 4.69) is 0 Å². The first-order valence-corrected chi connectivity index (χ1v) is 7.02. The fraction of sp³-hybridized carbons (Fsp3) is 0.600. The van der Waals surface area contributed by atoms with E-state index >= 15 is 0 Å². The number of nitrogens with two attached hydrogens (primary N) is 1. The van der Waals surface area contributed by atoms with Crippen molar-refractivity contribution in [2.75, 3.05) is 6.54 Å². The summed E-state index contributed by atoms with van der Waals surface area (Å²) in [6.45, 7) is 4.22. The molecular formula is C15H21FN2O3. The largest absolute Gasteiger partial charge is 0.392 e. The predicted molar refractivity (Wildman–Crippen MR) is 77.3 cm³/mol. The monoisotopic (exact) mass is 296 g/mol. The Morgan fingerprint density at radius 1 is 1.43 bits per heavy atom. The lowest BCUT2D eigenvalue weighted by Gasteiger charge is -2.36. The van der Waals surface area contributed by atoms with Crippen LogP contribution in [0.2, 0.25) is 0 Å². The zero-order valence-corrected chi connectivity index (χ0v) is 12.3. The average molecular weight is 296 g/mol. The summed E-state index contributed by atoms with van der Waals surface area (Å²) in [4.78, 5) is 10.2. The minimum absolute atomic E-state index is 0.251. The van der Waals surface area contributed by atoms with E-state index in [0.717, 1.165) is 18.9 Å². The third kappa shape index (κ3) is 2.91. The number of nitro groups is 1. The van der Waals surface area contributed by atoms with Gasteiger partial charge in [-0.15, -0.1) is 0 Å². The lowest BCUT2D eigenvalue weighted by atomic mass is 9.74. The van der Waals surface area contributed by atoms with Crippen molar-refractivity contribution in [3.8, 4) is 0 Å². The number of aliphatic hydroxyl groups is 1. The second-order valence-electron chi connectivity index (χ2n) is 6.71. The van der Waals surface area contributed by atoms with Crippen LogP contribution in [-0.2, 0) is 6.42 Å². The van der Waals surface area contributed by atoms with Crippen molar-refractivity contribution in [3.05, 3.63) is 39.7 Å². The maximum atomic E-state index is 13.5. The Labute approximate surface area is 123 Å². The molecule has 5 nitrogen and oxygen atoms in total. The molecule has 0 aromatic heterocycles. The van der Waals surface area contributed by atoms with E-state index in [9.17, 15) is 19.6 Å². The molecule has 0 saturated heterocycles. The van der Waals surface area contributed by atoms with Crippen molar-refractivity contribution in [2.24, 2.45) is 16.6 Å². The number of nitrogens with zero attached hydrogens (tertiary/aromatic N) is 1. The van der Waals surface area contributed by atoms with Crippen molar-refractivity contribution in [2.45, 2.75) is 39.2 Å². The molecule has 2 unspecified atom stereocenters. The van der Waals surface area contributed by atoms with E-state index in [-0.39, 0.29) is 17.6 Å². The second kappa shape index (κ2) is 5.35. The van der Waals surface area contributed by atoms with Gasteiger partial charge in [0.2, 0.25) is 0 Å². The van der Waals surface area contributed by atoms with Gasteiger partial charge in [0, 0.05) is 18.0 Å². The lowest BCUT2D eigenvalue weighted by Crippen LogP contribution is -2.44. The van der Waals surface area contributed by atoms with E-state index < -0.39 is 22.3 Å². The summed E-state index contributed by atoms with van der Waals surface area (Å²) in [6.07, 6.45) is 1.27. The number of halogens is 1. The molecule has 2 rings (SSSR count). The Balaban J connectivity index is 2.34. The van der Waals surface area contributed by atoms with Crippen LogP contribution in [0.3, 0.4) is 0 Å². The van der Waals surface area contributed by atoms with Gasteiger partial charge in [0.15, 0.2) is 0 Å². The standard InChI is InChI=1S/C15H21FN2O3/c1-14(2)3-4-15(9-17,13(14)19)8-10-5-11(16)7-12(6-10)18(20)21/h5-7,13,19H,3-4,8-9,17H2,1-2H3. The fourth-order valence-corrected chi connectivity index (χ4v) is 3.39. The van der Waals surface area contributed by atoms with Gasteiger partial charge in [-0.2, -0.15) is 0 Å². The normalized spacial score (nSPS) is 27.8. The van der Waals surface area contributed by atoms with E-state index in [1.807, 2.05) is 13.8 Å². The Morgan fingerprint density at radius 2 is 2.10 bits per heavy atom. The molecule has 1 aliphatic carbocycles. The van der Waals surface area contributed by atoms with Crippen LogP contribution in [0.4, 0.5) is 10.1 Å². The Morgan fingerprint density at radius 3 is 2.57 bits per heavy atom. The van der Waals surface area contributed by atoms with E-state index in [0.29, 0.717) is 12.0 Å². The molecule has 1 fully saturated rings. The van der Waals surface area contributed by atoms with Gasteiger partial charge in [-0.25, -0.2) is 4.39 Å². The van der Waals surface area contributed by atoms with Gasteiger partial charge in [0.1, 0.15) is 5.82 Å². The summed E-state index contributed by atoms with van der Waals surface area (Å²) in [5.74, 6) is -0.641.